The second-order valence-corrected chi connectivity index (χ2v) is 10.1. The van der Waals surface area contributed by atoms with Gasteiger partial charge >= 0.3 is 0 Å². The van der Waals surface area contributed by atoms with Crippen LogP contribution < -0.4 is 0 Å². The highest BCUT2D eigenvalue weighted by Crippen LogP contribution is 2.26. The summed E-state index contributed by atoms with van der Waals surface area (Å²) in [4.78, 5) is 7.20. The van der Waals surface area contributed by atoms with Crippen molar-refractivity contribution in [1.29, 1.82) is 0 Å². The molecule has 164 valence electrons. The van der Waals surface area contributed by atoms with Crippen LogP contribution in [0.15, 0.2) is 85.1 Å². The summed E-state index contributed by atoms with van der Waals surface area (Å²) in [5, 5.41) is 0. The first kappa shape index (κ1) is 20.9. The summed E-state index contributed by atoms with van der Waals surface area (Å²) in [5.41, 5.74) is 4.96. The molecule has 2 aromatic heterocycles. The molecule has 1 saturated heterocycles. The predicted octanol–water partition coefficient (Wildman–Crippen LogP) is 3.65. The second-order valence-electron chi connectivity index (χ2n) is 8.12. The molecule has 6 nitrogen and oxygen atoms in total. The fourth-order valence-corrected chi connectivity index (χ4v) is 5.79. The standard InChI is InChI=1S/C25H26N4O2S/c30-32(31,20-21-9-3-1-4-10-21)28-17-15-27(16-18-28)19-23-25(22-11-5-2-6-12-22)26-24-13-7-8-14-29(23)24/h1-14H,15-20H2. The van der Waals surface area contributed by atoms with E-state index in [1.165, 1.54) is 0 Å². The van der Waals surface area contributed by atoms with Crippen molar-refractivity contribution in [2.24, 2.45) is 0 Å². The molecule has 1 fully saturated rings. The molecule has 0 N–H and O–H groups in total. The van der Waals surface area contributed by atoms with Gasteiger partial charge in [0.25, 0.3) is 0 Å². The maximum Gasteiger partial charge on any atom is 0.218 e. The van der Waals surface area contributed by atoms with E-state index in [0.29, 0.717) is 26.2 Å². The van der Waals surface area contributed by atoms with Gasteiger partial charge in [0, 0.05) is 44.5 Å². The van der Waals surface area contributed by atoms with Gasteiger partial charge in [-0.1, -0.05) is 66.7 Å². The molecule has 3 heterocycles. The van der Waals surface area contributed by atoms with Gasteiger partial charge in [-0.05, 0) is 17.7 Å². The Kier molecular flexibility index (Phi) is 5.78. The summed E-state index contributed by atoms with van der Waals surface area (Å²) in [5.74, 6) is 0.0548. The van der Waals surface area contributed by atoms with Crippen LogP contribution in [0.25, 0.3) is 16.9 Å². The van der Waals surface area contributed by atoms with Crippen LogP contribution in [0, 0.1) is 0 Å². The SMILES string of the molecule is O=S(=O)(Cc1ccccc1)N1CCN(Cc2c(-c3ccccc3)nc3ccccn23)CC1. The van der Waals surface area contributed by atoms with Crippen LogP contribution in [-0.4, -0.2) is 53.2 Å². The number of nitrogens with zero attached hydrogens (tertiary/aromatic N) is 4. The maximum absolute atomic E-state index is 12.9. The fourth-order valence-electron chi connectivity index (χ4n) is 4.28. The van der Waals surface area contributed by atoms with Gasteiger partial charge in [-0.3, -0.25) is 4.90 Å². The van der Waals surface area contributed by atoms with Gasteiger partial charge in [0.1, 0.15) is 5.65 Å². The average Bonchev–Trinajstić information content (AvgIpc) is 3.19. The van der Waals surface area contributed by atoms with E-state index in [1.54, 1.807) is 4.31 Å². The summed E-state index contributed by atoms with van der Waals surface area (Å²) >= 11 is 0. The Morgan fingerprint density at radius 1 is 0.781 bits per heavy atom. The van der Waals surface area contributed by atoms with Crippen LogP contribution >= 0.6 is 0 Å². The van der Waals surface area contributed by atoms with Crippen LogP contribution in [-0.2, 0) is 22.3 Å². The van der Waals surface area contributed by atoms with E-state index in [1.807, 2.05) is 72.9 Å². The van der Waals surface area contributed by atoms with Crippen LogP contribution in [0.3, 0.4) is 0 Å². The van der Waals surface area contributed by atoms with Gasteiger partial charge in [-0.15, -0.1) is 0 Å². The smallest absolute Gasteiger partial charge is 0.218 e. The lowest BCUT2D eigenvalue weighted by atomic mass is 10.1. The van der Waals surface area contributed by atoms with Crippen molar-refractivity contribution in [2.75, 3.05) is 26.2 Å². The molecule has 0 unspecified atom stereocenters. The molecule has 32 heavy (non-hydrogen) atoms. The lowest BCUT2D eigenvalue weighted by Gasteiger charge is -2.34. The van der Waals surface area contributed by atoms with Crippen LogP contribution in [0.4, 0.5) is 0 Å². The van der Waals surface area contributed by atoms with Crippen molar-refractivity contribution in [2.45, 2.75) is 12.3 Å². The predicted molar refractivity (Wildman–Crippen MR) is 127 cm³/mol. The van der Waals surface area contributed by atoms with Crippen molar-refractivity contribution in [3.05, 3.63) is 96.3 Å². The van der Waals surface area contributed by atoms with E-state index >= 15 is 0 Å². The largest absolute Gasteiger partial charge is 0.302 e. The number of aromatic nitrogens is 2. The van der Waals surface area contributed by atoms with Crippen molar-refractivity contribution in [3.8, 4) is 11.3 Å². The van der Waals surface area contributed by atoms with Crippen molar-refractivity contribution in [3.63, 3.8) is 0 Å². The number of fused-ring (bicyclic) bond motifs is 1. The van der Waals surface area contributed by atoms with Gasteiger partial charge in [-0.2, -0.15) is 4.31 Å². The molecule has 1 aliphatic rings. The number of sulfonamides is 1. The van der Waals surface area contributed by atoms with Gasteiger partial charge < -0.3 is 4.40 Å². The van der Waals surface area contributed by atoms with Crippen molar-refractivity contribution >= 4 is 15.7 Å². The molecule has 5 rings (SSSR count). The van der Waals surface area contributed by atoms with E-state index in [4.69, 9.17) is 4.98 Å². The number of imidazole rings is 1. The first-order valence-corrected chi connectivity index (χ1v) is 12.5. The summed E-state index contributed by atoms with van der Waals surface area (Å²) in [6, 6.07) is 25.6. The molecule has 0 spiro atoms. The van der Waals surface area contributed by atoms with E-state index in [-0.39, 0.29) is 5.75 Å². The summed E-state index contributed by atoms with van der Waals surface area (Å²) in [6.07, 6.45) is 2.05. The minimum Gasteiger partial charge on any atom is -0.302 e. The number of rotatable bonds is 6. The number of benzene rings is 2. The Morgan fingerprint density at radius 2 is 1.44 bits per heavy atom. The van der Waals surface area contributed by atoms with Gasteiger partial charge in [0.15, 0.2) is 0 Å². The van der Waals surface area contributed by atoms with Crippen LogP contribution in [0.5, 0.6) is 0 Å². The molecule has 1 aliphatic heterocycles. The zero-order chi connectivity index (χ0) is 22.0. The highest BCUT2D eigenvalue weighted by atomic mass is 32.2. The molecule has 0 aliphatic carbocycles. The van der Waals surface area contributed by atoms with Crippen LogP contribution in [0.2, 0.25) is 0 Å². The van der Waals surface area contributed by atoms with Gasteiger partial charge in [-0.25, -0.2) is 13.4 Å². The molecule has 0 saturated carbocycles. The molecule has 2 aromatic carbocycles. The van der Waals surface area contributed by atoms with Crippen molar-refractivity contribution in [1.82, 2.24) is 18.6 Å². The number of piperazine rings is 1. The lowest BCUT2D eigenvalue weighted by molar-refractivity contribution is 0.179. The van der Waals surface area contributed by atoms with E-state index in [0.717, 1.165) is 34.7 Å². The first-order chi connectivity index (χ1) is 15.6. The normalized spacial score (nSPS) is 15.9. The Hall–Kier alpha value is -3.00. The van der Waals surface area contributed by atoms with Gasteiger partial charge in [0.05, 0.1) is 17.1 Å². The van der Waals surface area contributed by atoms with E-state index < -0.39 is 10.0 Å². The number of hydrogen-bond acceptors (Lipinski definition) is 4. The molecule has 0 atom stereocenters. The van der Waals surface area contributed by atoms with Crippen LogP contribution in [0.1, 0.15) is 11.3 Å². The maximum atomic E-state index is 12.9. The van der Waals surface area contributed by atoms with E-state index in [9.17, 15) is 8.42 Å². The Morgan fingerprint density at radius 3 is 2.16 bits per heavy atom. The third-order valence-corrected chi connectivity index (χ3v) is 7.82. The Balaban J connectivity index is 1.32. The lowest BCUT2D eigenvalue weighted by Crippen LogP contribution is -2.48. The first-order valence-electron chi connectivity index (χ1n) is 10.9. The summed E-state index contributed by atoms with van der Waals surface area (Å²) in [6.45, 7) is 3.13. The monoisotopic (exact) mass is 446 g/mol. The summed E-state index contributed by atoms with van der Waals surface area (Å²) in [7, 11) is -3.32. The minimum absolute atomic E-state index is 0.0548. The number of pyridine rings is 1. The molecule has 4 aromatic rings. The Labute approximate surface area is 188 Å². The van der Waals surface area contributed by atoms with Crippen molar-refractivity contribution < 1.29 is 8.42 Å². The second kappa shape index (κ2) is 8.86. The number of hydrogen-bond donors (Lipinski definition) is 0. The fraction of sp³-hybridized carbons (Fsp3) is 0.240. The third kappa shape index (κ3) is 4.32. The minimum atomic E-state index is -3.32. The molecular formula is C25H26N4O2S. The topological polar surface area (TPSA) is 57.9 Å². The Bertz CT molecular complexity index is 1300. The molecule has 0 amide bonds. The van der Waals surface area contributed by atoms with Gasteiger partial charge in [0.2, 0.25) is 10.0 Å². The highest BCUT2D eigenvalue weighted by Gasteiger charge is 2.28. The zero-order valence-electron chi connectivity index (χ0n) is 17.8. The summed E-state index contributed by atoms with van der Waals surface area (Å²) < 4.78 is 29.5. The molecule has 0 bridgehead atoms. The molecule has 0 radical (unpaired) electrons. The quantitative estimate of drug-likeness (QED) is 0.454. The molecular weight excluding hydrogens is 420 g/mol. The average molecular weight is 447 g/mol. The highest BCUT2D eigenvalue weighted by molar-refractivity contribution is 7.88. The zero-order valence-corrected chi connectivity index (χ0v) is 18.7. The molecule has 7 heteroatoms. The van der Waals surface area contributed by atoms with E-state index in [2.05, 4.69) is 21.4 Å². The third-order valence-electron chi connectivity index (χ3n) is 5.97.